The highest BCUT2D eigenvalue weighted by atomic mass is 79.9. The summed E-state index contributed by atoms with van der Waals surface area (Å²) in [6.07, 6.45) is 0.940. The quantitative estimate of drug-likeness (QED) is 0.820. The Morgan fingerprint density at radius 1 is 1.50 bits per heavy atom. The van der Waals surface area contributed by atoms with Crippen LogP contribution in [0, 0.1) is 11.7 Å². The molecule has 0 saturated heterocycles. The molecule has 2 N–H and O–H groups in total. The van der Waals surface area contributed by atoms with Gasteiger partial charge in [0.15, 0.2) is 0 Å². The smallest absolute Gasteiger partial charge is 0.255 e. The van der Waals surface area contributed by atoms with Crippen molar-refractivity contribution in [2.45, 2.75) is 25.1 Å². The molecule has 100 valence electrons. The summed E-state index contributed by atoms with van der Waals surface area (Å²) in [6.45, 7) is 4.66. The minimum Gasteiger partial charge on any atom is -0.507 e. The van der Waals surface area contributed by atoms with E-state index in [1.165, 1.54) is 6.07 Å². The molecule has 0 saturated carbocycles. The van der Waals surface area contributed by atoms with E-state index in [1.54, 1.807) is 0 Å². The third-order valence-corrected chi connectivity index (χ3v) is 3.11. The number of carbonyl (C=O) groups excluding carboxylic acids is 1. The van der Waals surface area contributed by atoms with E-state index in [9.17, 15) is 14.3 Å². The maximum absolute atomic E-state index is 12.8. The van der Waals surface area contributed by atoms with Gasteiger partial charge in [-0.15, -0.1) is 0 Å². The van der Waals surface area contributed by atoms with Gasteiger partial charge >= 0.3 is 0 Å². The molecular formula is C13H17BrFNO2. The van der Waals surface area contributed by atoms with Crippen LogP contribution in [-0.4, -0.2) is 22.4 Å². The number of hydrogen-bond donors (Lipinski definition) is 2. The molecule has 0 radical (unpaired) electrons. The number of carbonyl (C=O) groups is 1. The van der Waals surface area contributed by atoms with Gasteiger partial charge in [-0.3, -0.25) is 4.79 Å². The number of aromatic hydroxyl groups is 1. The lowest BCUT2D eigenvalue weighted by molar-refractivity contribution is 0.0950. The van der Waals surface area contributed by atoms with Crippen LogP contribution >= 0.6 is 15.9 Å². The van der Waals surface area contributed by atoms with Crippen molar-refractivity contribution in [1.82, 2.24) is 5.32 Å². The summed E-state index contributed by atoms with van der Waals surface area (Å²) in [7, 11) is 0. The number of halogens is 2. The van der Waals surface area contributed by atoms with Gasteiger partial charge in [0.05, 0.1) is 5.56 Å². The fourth-order valence-electron chi connectivity index (χ4n) is 1.59. The van der Waals surface area contributed by atoms with Crippen LogP contribution in [0.15, 0.2) is 18.2 Å². The SMILES string of the molecule is CC(C)CC(Br)CNC(=O)c1ccc(F)cc1O. The van der Waals surface area contributed by atoms with Crippen molar-refractivity contribution in [1.29, 1.82) is 0 Å². The third kappa shape index (κ3) is 4.64. The molecule has 1 aromatic carbocycles. The van der Waals surface area contributed by atoms with E-state index in [0.717, 1.165) is 18.6 Å². The molecule has 0 bridgehead atoms. The van der Waals surface area contributed by atoms with Crippen LogP contribution in [0.1, 0.15) is 30.6 Å². The summed E-state index contributed by atoms with van der Waals surface area (Å²) < 4.78 is 12.8. The molecule has 1 amide bonds. The maximum Gasteiger partial charge on any atom is 0.255 e. The van der Waals surface area contributed by atoms with Gasteiger partial charge in [-0.25, -0.2) is 4.39 Å². The first kappa shape index (κ1) is 15.0. The van der Waals surface area contributed by atoms with Gasteiger partial charge in [0.1, 0.15) is 11.6 Å². The van der Waals surface area contributed by atoms with E-state index >= 15 is 0 Å². The number of rotatable bonds is 5. The summed E-state index contributed by atoms with van der Waals surface area (Å²) >= 11 is 3.47. The predicted molar refractivity (Wildman–Crippen MR) is 72.6 cm³/mol. The molecule has 1 atom stereocenters. The number of amides is 1. The Balaban J connectivity index is 2.55. The van der Waals surface area contributed by atoms with E-state index in [-0.39, 0.29) is 16.1 Å². The second kappa shape index (κ2) is 6.73. The van der Waals surface area contributed by atoms with E-state index in [4.69, 9.17) is 0 Å². The van der Waals surface area contributed by atoms with Gasteiger partial charge in [-0.2, -0.15) is 0 Å². The van der Waals surface area contributed by atoms with E-state index in [2.05, 4.69) is 35.1 Å². The molecule has 0 aliphatic heterocycles. The van der Waals surface area contributed by atoms with Crippen molar-refractivity contribution in [2.24, 2.45) is 5.92 Å². The first-order valence-corrected chi connectivity index (χ1v) is 6.72. The molecule has 0 spiro atoms. The number of phenols is 1. The third-order valence-electron chi connectivity index (χ3n) is 2.42. The molecule has 0 aliphatic carbocycles. The van der Waals surface area contributed by atoms with Gasteiger partial charge in [0, 0.05) is 17.4 Å². The Morgan fingerprint density at radius 3 is 2.72 bits per heavy atom. The van der Waals surface area contributed by atoms with Crippen LogP contribution in [0.3, 0.4) is 0 Å². The molecule has 0 aromatic heterocycles. The monoisotopic (exact) mass is 317 g/mol. The maximum atomic E-state index is 12.8. The summed E-state index contributed by atoms with van der Waals surface area (Å²) in [4.78, 5) is 11.9. The molecule has 1 aromatic rings. The van der Waals surface area contributed by atoms with Gasteiger partial charge < -0.3 is 10.4 Å². The van der Waals surface area contributed by atoms with Crippen LogP contribution in [0.4, 0.5) is 4.39 Å². The van der Waals surface area contributed by atoms with Gasteiger partial charge in [0.2, 0.25) is 0 Å². The zero-order valence-corrected chi connectivity index (χ0v) is 12.0. The molecule has 0 fully saturated rings. The minimum absolute atomic E-state index is 0.0839. The zero-order valence-electron chi connectivity index (χ0n) is 10.4. The van der Waals surface area contributed by atoms with Crippen LogP contribution < -0.4 is 5.32 Å². The Bertz CT molecular complexity index is 423. The van der Waals surface area contributed by atoms with Crippen molar-refractivity contribution < 1.29 is 14.3 Å². The summed E-state index contributed by atoms with van der Waals surface area (Å²) in [6, 6.07) is 3.34. The molecule has 0 heterocycles. The highest BCUT2D eigenvalue weighted by molar-refractivity contribution is 9.09. The lowest BCUT2D eigenvalue weighted by Crippen LogP contribution is -2.30. The Kier molecular flexibility index (Phi) is 5.59. The van der Waals surface area contributed by atoms with Crippen LogP contribution in [0.5, 0.6) is 5.75 Å². The Hall–Kier alpha value is -1.10. The van der Waals surface area contributed by atoms with Crippen molar-refractivity contribution in [3.05, 3.63) is 29.6 Å². The zero-order chi connectivity index (χ0) is 13.7. The van der Waals surface area contributed by atoms with Crippen LogP contribution in [0.25, 0.3) is 0 Å². The molecule has 1 unspecified atom stereocenters. The molecule has 18 heavy (non-hydrogen) atoms. The largest absolute Gasteiger partial charge is 0.507 e. The van der Waals surface area contributed by atoms with Crippen molar-refractivity contribution in [2.75, 3.05) is 6.54 Å². The van der Waals surface area contributed by atoms with E-state index in [1.807, 2.05) is 0 Å². The molecule has 3 nitrogen and oxygen atoms in total. The van der Waals surface area contributed by atoms with Crippen LogP contribution in [0.2, 0.25) is 0 Å². The number of nitrogens with one attached hydrogen (secondary N) is 1. The summed E-state index contributed by atoms with van der Waals surface area (Å²) in [5.41, 5.74) is 0.0839. The molecule has 1 rings (SSSR count). The number of phenolic OH excluding ortho intramolecular Hbond substituents is 1. The molecule has 5 heteroatoms. The predicted octanol–water partition coefficient (Wildman–Crippen LogP) is 3.07. The van der Waals surface area contributed by atoms with Crippen molar-refractivity contribution in [3.8, 4) is 5.75 Å². The lowest BCUT2D eigenvalue weighted by Gasteiger charge is -2.13. The van der Waals surface area contributed by atoms with Crippen molar-refractivity contribution >= 4 is 21.8 Å². The number of benzene rings is 1. The van der Waals surface area contributed by atoms with Gasteiger partial charge in [0.25, 0.3) is 5.91 Å². The topological polar surface area (TPSA) is 49.3 Å². The standard InChI is InChI=1S/C13H17BrFNO2/c1-8(2)5-9(14)7-16-13(18)11-4-3-10(15)6-12(11)17/h3-4,6,8-9,17H,5,7H2,1-2H3,(H,16,18). The first-order valence-electron chi connectivity index (χ1n) is 5.81. The molecule has 0 aliphatic rings. The van der Waals surface area contributed by atoms with E-state index < -0.39 is 11.7 Å². The van der Waals surface area contributed by atoms with Crippen LogP contribution in [-0.2, 0) is 0 Å². The summed E-state index contributed by atoms with van der Waals surface area (Å²) in [5.74, 6) is -0.782. The van der Waals surface area contributed by atoms with Gasteiger partial charge in [-0.05, 0) is 24.5 Å². The number of hydrogen-bond acceptors (Lipinski definition) is 2. The highest BCUT2D eigenvalue weighted by Gasteiger charge is 2.13. The Labute approximate surface area is 115 Å². The summed E-state index contributed by atoms with van der Waals surface area (Å²) in [5, 5.41) is 12.2. The Morgan fingerprint density at radius 2 is 2.17 bits per heavy atom. The fourth-order valence-corrected chi connectivity index (χ4v) is 2.50. The second-order valence-electron chi connectivity index (χ2n) is 4.60. The van der Waals surface area contributed by atoms with E-state index in [0.29, 0.717) is 12.5 Å². The van der Waals surface area contributed by atoms with Gasteiger partial charge in [-0.1, -0.05) is 29.8 Å². The average Bonchev–Trinajstić information content (AvgIpc) is 2.25. The number of alkyl halides is 1. The first-order chi connectivity index (χ1) is 8.40. The van der Waals surface area contributed by atoms with Crippen molar-refractivity contribution in [3.63, 3.8) is 0 Å². The fraction of sp³-hybridized carbons (Fsp3) is 0.462. The normalized spacial score (nSPS) is 12.5. The highest BCUT2D eigenvalue weighted by Crippen LogP contribution is 2.18. The lowest BCUT2D eigenvalue weighted by atomic mass is 10.1. The molecular weight excluding hydrogens is 301 g/mol. The average molecular weight is 318 g/mol. The second-order valence-corrected chi connectivity index (χ2v) is 5.89. The minimum atomic E-state index is -0.567.